The lowest BCUT2D eigenvalue weighted by atomic mass is 10.1. The molecule has 1 amide bonds. The van der Waals surface area contributed by atoms with Gasteiger partial charge in [-0.25, -0.2) is 4.98 Å². The predicted molar refractivity (Wildman–Crippen MR) is 108 cm³/mol. The summed E-state index contributed by atoms with van der Waals surface area (Å²) in [6, 6.07) is 14.0. The zero-order valence-electron chi connectivity index (χ0n) is 15.6. The Bertz CT molecular complexity index is 987. The second-order valence-electron chi connectivity index (χ2n) is 6.44. The van der Waals surface area contributed by atoms with Crippen LogP contribution in [0.3, 0.4) is 0 Å². The maximum atomic E-state index is 12.2. The number of nitrogens with one attached hydrogen (secondary N) is 1. The average molecular weight is 395 g/mol. The number of carbonyl (C=O) groups is 1. The van der Waals surface area contributed by atoms with E-state index in [1.165, 1.54) is 11.8 Å². The number of amides is 1. The molecule has 0 bridgehead atoms. The van der Waals surface area contributed by atoms with E-state index in [1.807, 2.05) is 47.2 Å². The maximum Gasteiger partial charge on any atom is 0.231 e. The largest absolute Gasteiger partial charge is 0.454 e. The van der Waals surface area contributed by atoms with Crippen molar-refractivity contribution in [3.63, 3.8) is 0 Å². The average Bonchev–Trinajstić information content (AvgIpc) is 3.35. The summed E-state index contributed by atoms with van der Waals surface area (Å²) in [6.45, 7) is 2.91. The van der Waals surface area contributed by atoms with Gasteiger partial charge >= 0.3 is 0 Å². The second kappa shape index (κ2) is 8.39. The SMILES string of the molecule is Cc1ccccc1-n1ccnc1SCC(=O)NCCc1ccc2c(c1)OCO2. The number of aromatic nitrogens is 2. The minimum atomic E-state index is -0.00919. The fraction of sp³-hybridized carbons (Fsp3) is 0.238. The van der Waals surface area contributed by atoms with Crippen molar-refractivity contribution in [1.29, 1.82) is 0 Å². The molecule has 0 unspecified atom stereocenters. The lowest BCUT2D eigenvalue weighted by Crippen LogP contribution is -2.27. The van der Waals surface area contributed by atoms with Crippen molar-refractivity contribution >= 4 is 17.7 Å². The first-order valence-corrected chi connectivity index (χ1v) is 10.1. The summed E-state index contributed by atoms with van der Waals surface area (Å²) in [6.07, 6.45) is 4.42. The Labute approximate surface area is 167 Å². The fourth-order valence-corrected chi connectivity index (χ4v) is 3.83. The van der Waals surface area contributed by atoms with Crippen LogP contribution in [0.1, 0.15) is 11.1 Å². The van der Waals surface area contributed by atoms with Gasteiger partial charge in [-0.15, -0.1) is 0 Å². The smallest absolute Gasteiger partial charge is 0.231 e. The third-order valence-electron chi connectivity index (χ3n) is 4.49. The van der Waals surface area contributed by atoms with Gasteiger partial charge in [0.15, 0.2) is 16.7 Å². The molecule has 0 fully saturated rings. The third-order valence-corrected chi connectivity index (χ3v) is 5.45. The molecule has 0 saturated carbocycles. The summed E-state index contributed by atoms with van der Waals surface area (Å²) in [5.74, 6) is 1.85. The number of para-hydroxylation sites is 1. The lowest BCUT2D eigenvalue weighted by Gasteiger charge is -2.10. The number of imidazole rings is 1. The van der Waals surface area contributed by atoms with Crippen LogP contribution in [0.2, 0.25) is 0 Å². The molecular weight excluding hydrogens is 374 g/mol. The molecular formula is C21H21N3O3S. The molecule has 2 heterocycles. The molecule has 1 aliphatic rings. The normalized spacial score (nSPS) is 12.2. The Balaban J connectivity index is 1.28. The van der Waals surface area contributed by atoms with Crippen LogP contribution in [0, 0.1) is 6.92 Å². The Morgan fingerprint density at radius 2 is 2.07 bits per heavy atom. The highest BCUT2D eigenvalue weighted by Crippen LogP contribution is 2.32. The number of hydrogen-bond acceptors (Lipinski definition) is 5. The number of fused-ring (bicyclic) bond motifs is 1. The van der Waals surface area contributed by atoms with E-state index in [0.717, 1.165) is 39.9 Å². The minimum absolute atomic E-state index is 0.00919. The highest BCUT2D eigenvalue weighted by Gasteiger charge is 2.13. The fourth-order valence-electron chi connectivity index (χ4n) is 3.04. The first-order valence-electron chi connectivity index (χ1n) is 9.08. The molecule has 0 spiro atoms. The summed E-state index contributed by atoms with van der Waals surface area (Å²) >= 11 is 1.43. The minimum Gasteiger partial charge on any atom is -0.454 e. The van der Waals surface area contributed by atoms with E-state index in [2.05, 4.69) is 23.3 Å². The quantitative estimate of drug-likeness (QED) is 0.622. The van der Waals surface area contributed by atoms with Crippen molar-refractivity contribution in [2.75, 3.05) is 19.1 Å². The van der Waals surface area contributed by atoms with Crippen LogP contribution in [0.4, 0.5) is 0 Å². The molecule has 28 heavy (non-hydrogen) atoms. The van der Waals surface area contributed by atoms with Crippen LogP contribution in [0.15, 0.2) is 60.0 Å². The summed E-state index contributed by atoms with van der Waals surface area (Å²) in [5.41, 5.74) is 3.34. The topological polar surface area (TPSA) is 65.4 Å². The molecule has 0 saturated heterocycles. The van der Waals surface area contributed by atoms with Crippen LogP contribution in [0.5, 0.6) is 11.5 Å². The number of thioether (sulfide) groups is 1. The molecule has 1 N–H and O–H groups in total. The molecule has 2 aromatic carbocycles. The van der Waals surface area contributed by atoms with Crippen molar-refractivity contribution in [2.45, 2.75) is 18.5 Å². The van der Waals surface area contributed by atoms with Gasteiger partial charge in [0.25, 0.3) is 0 Å². The number of nitrogens with zero attached hydrogens (tertiary/aromatic N) is 2. The zero-order chi connectivity index (χ0) is 19.3. The van der Waals surface area contributed by atoms with Gasteiger partial charge in [0.2, 0.25) is 12.7 Å². The molecule has 1 aliphatic heterocycles. The van der Waals surface area contributed by atoms with Gasteiger partial charge in [0.05, 0.1) is 11.4 Å². The number of aryl methyl sites for hydroxylation is 1. The third kappa shape index (κ3) is 4.14. The summed E-state index contributed by atoms with van der Waals surface area (Å²) in [7, 11) is 0. The van der Waals surface area contributed by atoms with Crippen molar-refractivity contribution < 1.29 is 14.3 Å². The van der Waals surface area contributed by atoms with Gasteiger partial charge < -0.3 is 14.8 Å². The van der Waals surface area contributed by atoms with Crippen LogP contribution in [-0.2, 0) is 11.2 Å². The van der Waals surface area contributed by atoms with Gasteiger partial charge in [-0.3, -0.25) is 9.36 Å². The standard InChI is InChI=1S/C21H21N3O3S/c1-15-4-2-3-5-17(15)24-11-10-23-21(24)28-13-20(25)22-9-8-16-6-7-18-19(12-16)27-14-26-18/h2-7,10-12H,8-9,13-14H2,1H3,(H,22,25). The molecule has 6 nitrogen and oxygen atoms in total. The Morgan fingerprint density at radius 1 is 1.21 bits per heavy atom. The number of benzene rings is 2. The van der Waals surface area contributed by atoms with E-state index >= 15 is 0 Å². The molecule has 144 valence electrons. The van der Waals surface area contributed by atoms with E-state index in [0.29, 0.717) is 12.3 Å². The van der Waals surface area contributed by atoms with Crippen LogP contribution >= 0.6 is 11.8 Å². The van der Waals surface area contributed by atoms with Crippen molar-refractivity contribution in [2.24, 2.45) is 0 Å². The van der Waals surface area contributed by atoms with E-state index in [1.54, 1.807) is 6.20 Å². The summed E-state index contributed by atoms with van der Waals surface area (Å²) in [5, 5.41) is 3.77. The van der Waals surface area contributed by atoms with E-state index in [4.69, 9.17) is 9.47 Å². The van der Waals surface area contributed by atoms with Crippen molar-refractivity contribution in [3.8, 4) is 17.2 Å². The summed E-state index contributed by atoms with van der Waals surface area (Å²) < 4.78 is 12.7. The van der Waals surface area contributed by atoms with Crippen LogP contribution in [0.25, 0.3) is 5.69 Å². The highest BCUT2D eigenvalue weighted by molar-refractivity contribution is 7.99. The Kier molecular flexibility index (Phi) is 5.53. The van der Waals surface area contributed by atoms with E-state index < -0.39 is 0 Å². The number of carbonyl (C=O) groups excluding carboxylic acids is 1. The molecule has 7 heteroatoms. The first kappa shape index (κ1) is 18.4. The van der Waals surface area contributed by atoms with Crippen LogP contribution in [-0.4, -0.2) is 34.5 Å². The van der Waals surface area contributed by atoms with Gasteiger partial charge in [-0.2, -0.15) is 0 Å². The number of hydrogen-bond donors (Lipinski definition) is 1. The van der Waals surface area contributed by atoms with E-state index in [9.17, 15) is 4.79 Å². The molecule has 0 radical (unpaired) electrons. The Morgan fingerprint density at radius 3 is 2.96 bits per heavy atom. The molecule has 4 rings (SSSR count). The molecule has 0 atom stereocenters. The predicted octanol–water partition coefficient (Wildman–Crippen LogP) is 3.36. The van der Waals surface area contributed by atoms with Crippen molar-refractivity contribution in [3.05, 3.63) is 66.0 Å². The van der Waals surface area contributed by atoms with Gasteiger partial charge in [-0.05, 0) is 42.7 Å². The molecule has 1 aromatic heterocycles. The highest BCUT2D eigenvalue weighted by atomic mass is 32.2. The number of ether oxygens (including phenoxy) is 2. The second-order valence-corrected chi connectivity index (χ2v) is 7.39. The van der Waals surface area contributed by atoms with Crippen molar-refractivity contribution in [1.82, 2.24) is 14.9 Å². The molecule has 0 aliphatic carbocycles. The van der Waals surface area contributed by atoms with Gasteiger partial charge in [-0.1, -0.05) is 36.0 Å². The first-order chi connectivity index (χ1) is 13.7. The monoisotopic (exact) mass is 395 g/mol. The maximum absolute atomic E-state index is 12.2. The zero-order valence-corrected chi connectivity index (χ0v) is 16.4. The van der Waals surface area contributed by atoms with Gasteiger partial charge in [0, 0.05) is 18.9 Å². The van der Waals surface area contributed by atoms with Crippen LogP contribution < -0.4 is 14.8 Å². The lowest BCUT2D eigenvalue weighted by molar-refractivity contribution is -0.118. The number of rotatable bonds is 7. The summed E-state index contributed by atoms with van der Waals surface area (Å²) in [4.78, 5) is 16.6. The van der Waals surface area contributed by atoms with E-state index in [-0.39, 0.29) is 12.7 Å². The Hall–Kier alpha value is -2.93. The van der Waals surface area contributed by atoms with Gasteiger partial charge in [0.1, 0.15) is 0 Å². The molecule has 3 aromatic rings.